The Labute approximate surface area is 240 Å². The van der Waals surface area contributed by atoms with Crippen molar-refractivity contribution >= 4 is 51.0 Å². The number of benzene rings is 1. The number of rotatable bonds is 15. The molecule has 10 heteroatoms. The largest absolute Gasteiger partial charge is 0.492 e. The van der Waals surface area contributed by atoms with Crippen LogP contribution >= 0.6 is 28.1 Å². The summed E-state index contributed by atoms with van der Waals surface area (Å²) in [7, 11) is 0. The van der Waals surface area contributed by atoms with E-state index in [1.807, 2.05) is 0 Å². The number of carbonyl (C=O) groups excluding carboxylic acids is 3. The van der Waals surface area contributed by atoms with Gasteiger partial charge in [0.1, 0.15) is 11.8 Å². The number of hydrogen-bond donors (Lipinski definition) is 2. The molecule has 1 heterocycles. The molecule has 0 aromatic heterocycles. The Bertz CT molecular complexity index is 943. The van der Waals surface area contributed by atoms with E-state index in [1.54, 1.807) is 23.1 Å². The summed E-state index contributed by atoms with van der Waals surface area (Å²) in [5, 5.41) is 5.56. The average Bonchev–Trinajstić information content (AvgIpc) is 2.87. The molecule has 2 N–H and O–H groups in total. The van der Waals surface area contributed by atoms with Crippen molar-refractivity contribution in [2.75, 3.05) is 26.3 Å². The molecular weight excluding hydrogens is 570 g/mol. The van der Waals surface area contributed by atoms with Crippen molar-refractivity contribution in [1.82, 2.24) is 15.5 Å². The van der Waals surface area contributed by atoms with Gasteiger partial charge in [-0.05, 0) is 58.7 Å². The van der Waals surface area contributed by atoms with E-state index in [1.165, 1.54) is 32.1 Å². The van der Waals surface area contributed by atoms with E-state index in [0.717, 1.165) is 19.3 Å². The zero-order valence-electron chi connectivity index (χ0n) is 22.9. The van der Waals surface area contributed by atoms with Crippen molar-refractivity contribution in [3.8, 4) is 5.75 Å². The highest BCUT2D eigenvalue weighted by molar-refractivity contribution is 9.10. The molecule has 1 fully saturated rings. The second-order valence-corrected chi connectivity index (χ2v) is 11.3. The second-order valence-electron chi connectivity index (χ2n) is 10.0. The number of thiocarbonyl (C=S) groups is 1. The topological polar surface area (TPSA) is 97.0 Å². The van der Waals surface area contributed by atoms with Crippen LogP contribution < -0.4 is 15.4 Å². The molecule has 2 rings (SSSR count). The Hall–Kier alpha value is -2.20. The standard InChI is InChI=1S/C28H42BrN3O5S/c1-4-5-6-7-8-9-10-11-16-36-25(33)18-23-27(35)30-14-15-32(23)28(38)31-26(34)21-12-13-24(22(29)17-21)37-19-20(2)3/h12-13,17,20,23H,4-11,14-16,18-19H2,1-3H3,(H,30,35)(H,31,34,38). The maximum absolute atomic E-state index is 12.9. The summed E-state index contributed by atoms with van der Waals surface area (Å²) in [4.78, 5) is 39.5. The Morgan fingerprint density at radius 2 is 1.84 bits per heavy atom. The number of halogens is 1. The molecule has 38 heavy (non-hydrogen) atoms. The SMILES string of the molecule is CCCCCCCCCCOC(=O)CC1C(=O)NCCN1C(=S)NC(=O)c1ccc(OCC(C)C)c(Br)c1. The van der Waals surface area contributed by atoms with Crippen LogP contribution in [0.2, 0.25) is 0 Å². The van der Waals surface area contributed by atoms with Crippen molar-refractivity contribution in [3.05, 3.63) is 28.2 Å². The Morgan fingerprint density at radius 3 is 2.50 bits per heavy atom. The first-order valence-corrected chi connectivity index (χ1v) is 14.9. The molecule has 1 saturated heterocycles. The molecule has 1 unspecified atom stereocenters. The van der Waals surface area contributed by atoms with Crippen LogP contribution in [-0.4, -0.2) is 60.1 Å². The summed E-state index contributed by atoms with van der Waals surface area (Å²) >= 11 is 8.91. The number of carbonyl (C=O) groups is 3. The smallest absolute Gasteiger partial charge is 0.308 e. The Balaban J connectivity index is 1.84. The number of piperazine rings is 1. The molecule has 0 aliphatic carbocycles. The first kappa shape index (κ1) is 32.0. The minimum atomic E-state index is -0.832. The van der Waals surface area contributed by atoms with Crippen LogP contribution in [0.1, 0.15) is 88.9 Å². The fourth-order valence-corrected chi connectivity index (χ4v) is 4.86. The van der Waals surface area contributed by atoms with Crippen LogP contribution in [-0.2, 0) is 14.3 Å². The van der Waals surface area contributed by atoms with E-state index in [0.29, 0.717) is 48.0 Å². The van der Waals surface area contributed by atoms with Gasteiger partial charge in [-0.15, -0.1) is 0 Å². The molecule has 212 valence electrons. The van der Waals surface area contributed by atoms with Gasteiger partial charge >= 0.3 is 5.97 Å². The third-order valence-electron chi connectivity index (χ3n) is 6.20. The van der Waals surface area contributed by atoms with Gasteiger partial charge in [-0.25, -0.2) is 0 Å². The van der Waals surface area contributed by atoms with Gasteiger partial charge in [0.05, 0.1) is 24.1 Å². The zero-order valence-corrected chi connectivity index (χ0v) is 25.3. The number of esters is 1. The summed E-state index contributed by atoms with van der Waals surface area (Å²) in [6, 6.07) is 4.21. The van der Waals surface area contributed by atoms with Crippen molar-refractivity contribution < 1.29 is 23.9 Å². The van der Waals surface area contributed by atoms with Crippen LogP contribution in [0.5, 0.6) is 5.75 Å². The third kappa shape index (κ3) is 11.3. The van der Waals surface area contributed by atoms with Gasteiger partial charge in [-0.1, -0.05) is 65.7 Å². The van der Waals surface area contributed by atoms with Gasteiger partial charge in [0.25, 0.3) is 5.91 Å². The summed E-state index contributed by atoms with van der Waals surface area (Å²) in [5.41, 5.74) is 0.388. The summed E-state index contributed by atoms with van der Waals surface area (Å²) in [5.74, 6) is -0.148. The second kappa shape index (κ2) is 17.4. The van der Waals surface area contributed by atoms with Crippen LogP contribution in [0.3, 0.4) is 0 Å². The predicted molar refractivity (Wildman–Crippen MR) is 156 cm³/mol. The average molecular weight is 613 g/mol. The molecule has 1 atom stereocenters. The fraction of sp³-hybridized carbons (Fsp3) is 0.643. The molecule has 0 spiro atoms. The maximum Gasteiger partial charge on any atom is 0.308 e. The number of unbranched alkanes of at least 4 members (excludes halogenated alkanes) is 7. The van der Waals surface area contributed by atoms with Gasteiger partial charge in [-0.2, -0.15) is 0 Å². The van der Waals surface area contributed by atoms with E-state index in [-0.39, 0.29) is 17.4 Å². The van der Waals surface area contributed by atoms with Crippen molar-refractivity contribution in [1.29, 1.82) is 0 Å². The lowest BCUT2D eigenvalue weighted by atomic mass is 10.1. The molecule has 1 aromatic rings. The molecule has 1 aromatic carbocycles. The van der Waals surface area contributed by atoms with Crippen LogP contribution in [0, 0.1) is 5.92 Å². The third-order valence-corrected chi connectivity index (χ3v) is 7.16. The molecule has 0 saturated carbocycles. The first-order valence-electron chi connectivity index (χ1n) is 13.7. The molecule has 2 amide bonds. The van der Waals surface area contributed by atoms with Crippen molar-refractivity contribution in [3.63, 3.8) is 0 Å². The van der Waals surface area contributed by atoms with Gasteiger partial charge in [0.15, 0.2) is 5.11 Å². The number of amides is 2. The fourth-order valence-electron chi connectivity index (χ4n) is 4.06. The number of ether oxygens (including phenoxy) is 2. The van der Waals surface area contributed by atoms with E-state index in [2.05, 4.69) is 47.3 Å². The lowest BCUT2D eigenvalue weighted by molar-refractivity contribution is -0.147. The normalized spacial score (nSPS) is 15.2. The van der Waals surface area contributed by atoms with Gasteiger partial charge in [-0.3, -0.25) is 19.7 Å². The minimum absolute atomic E-state index is 0.0991. The van der Waals surface area contributed by atoms with Gasteiger partial charge in [0, 0.05) is 18.7 Å². The van der Waals surface area contributed by atoms with E-state index in [9.17, 15) is 14.4 Å². The lowest BCUT2D eigenvalue weighted by Crippen LogP contribution is -2.60. The van der Waals surface area contributed by atoms with Crippen LogP contribution in [0.4, 0.5) is 0 Å². The highest BCUT2D eigenvalue weighted by atomic mass is 79.9. The Kier molecular flexibility index (Phi) is 14.7. The highest BCUT2D eigenvalue weighted by Gasteiger charge is 2.34. The van der Waals surface area contributed by atoms with Gasteiger partial charge in [0.2, 0.25) is 5.91 Å². The number of hydrogen-bond acceptors (Lipinski definition) is 6. The number of nitrogens with one attached hydrogen (secondary N) is 2. The first-order chi connectivity index (χ1) is 18.2. The Morgan fingerprint density at radius 1 is 1.16 bits per heavy atom. The zero-order chi connectivity index (χ0) is 27.9. The minimum Gasteiger partial charge on any atom is -0.492 e. The monoisotopic (exact) mass is 611 g/mol. The summed E-state index contributed by atoms with van der Waals surface area (Å²) in [6.45, 7) is 7.98. The van der Waals surface area contributed by atoms with Gasteiger partial charge < -0.3 is 19.7 Å². The van der Waals surface area contributed by atoms with E-state index < -0.39 is 17.9 Å². The lowest BCUT2D eigenvalue weighted by Gasteiger charge is -2.36. The quantitative estimate of drug-likeness (QED) is 0.156. The van der Waals surface area contributed by atoms with E-state index in [4.69, 9.17) is 21.7 Å². The van der Waals surface area contributed by atoms with Crippen LogP contribution in [0.25, 0.3) is 0 Å². The molecule has 0 bridgehead atoms. The molecule has 1 aliphatic rings. The predicted octanol–water partition coefficient (Wildman–Crippen LogP) is 5.37. The van der Waals surface area contributed by atoms with E-state index >= 15 is 0 Å². The molecule has 1 aliphatic heterocycles. The molecular formula is C28H42BrN3O5S. The molecule has 0 radical (unpaired) electrons. The molecule has 8 nitrogen and oxygen atoms in total. The van der Waals surface area contributed by atoms with Crippen molar-refractivity contribution in [2.24, 2.45) is 5.92 Å². The van der Waals surface area contributed by atoms with Crippen molar-refractivity contribution in [2.45, 2.75) is 84.6 Å². The number of nitrogens with zero attached hydrogens (tertiary/aromatic N) is 1. The van der Waals surface area contributed by atoms with Crippen LogP contribution in [0.15, 0.2) is 22.7 Å². The summed E-state index contributed by atoms with van der Waals surface area (Å²) in [6.07, 6.45) is 9.11. The summed E-state index contributed by atoms with van der Waals surface area (Å²) < 4.78 is 11.8. The maximum atomic E-state index is 12.9. The highest BCUT2D eigenvalue weighted by Crippen LogP contribution is 2.26.